The second-order valence-corrected chi connectivity index (χ2v) is 5.27. The minimum Gasteiger partial charge on any atom is -0.484 e. The maximum Gasteiger partial charge on any atom is 0.136 e. The van der Waals surface area contributed by atoms with Gasteiger partial charge in [-0.2, -0.15) is 0 Å². The quantitative estimate of drug-likeness (QED) is 0.891. The zero-order valence-corrected chi connectivity index (χ0v) is 12.7. The maximum atomic E-state index is 6.12. The summed E-state index contributed by atoms with van der Waals surface area (Å²) in [5.74, 6) is 0.809. The van der Waals surface area contributed by atoms with Gasteiger partial charge in [0.25, 0.3) is 0 Å². The molecule has 0 heterocycles. The molecular formula is C17H20ClNO. The lowest BCUT2D eigenvalue weighted by Gasteiger charge is -2.19. The van der Waals surface area contributed by atoms with Crippen LogP contribution in [-0.2, 0) is 6.42 Å². The number of benzene rings is 2. The van der Waals surface area contributed by atoms with Gasteiger partial charge in [0.05, 0.1) is 0 Å². The van der Waals surface area contributed by atoms with E-state index in [1.165, 1.54) is 5.56 Å². The largest absolute Gasteiger partial charge is 0.484 e. The molecule has 0 spiro atoms. The van der Waals surface area contributed by atoms with Crippen LogP contribution in [0, 0.1) is 6.92 Å². The third-order valence-corrected chi connectivity index (χ3v) is 3.67. The van der Waals surface area contributed by atoms with Gasteiger partial charge in [-0.3, -0.25) is 0 Å². The van der Waals surface area contributed by atoms with Crippen LogP contribution in [0.3, 0.4) is 0 Å². The predicted octanol–water partition coefficient (Wildman–Crippen LogP) is 4.29. The SMILES string of the molecule is CCc1cc(OC(CN)c2cccc(C)c2)ccc1Cl. The van der Waals surface area contributed by atoms with Crippen molar-refractivity contribution in [3.63, 3.8) is 0 Å². The number of rotatable bonds is 5. The Morgan fingerprint density at radius 2 is 2.00 bits per heavy atom. The molecule has 2 rings (SSSR count). The Morgan fingerprint density at radius 1 is 1.20 bits per heavy atom. The van der Waals surface area contributed by atoms with Crippen LogP contribution in [0.2, 0.25) is 5.02 Å². The van der Waals surface area contributed by atoms with Crippen molar-refractivity contribution in [1.82, 2.24) is 0 Å². The lowest BCUT2D eigenvalue weighted by atomic mass is 10.1. The summed E-state index contributed by atoms with van der Waals surface area (Å²) in [5, 5.41) is 0.778. The molecule has 0 amide bonds. The molecule has 1 unspecified atom stereocenters. The van der Waals surface area contributed by atoms with Crippen molar-refractivity contribution >= 4 is 11.6 Å². The summed E-state index contributed by atoms with van der Waals surface area (Å²) in [6.07, 6.45) is 0.745. The smallest absolute Gasteiger partial charge is 0.136 e. The first kappa shape index (κ1) is 14.9. The molecule has 0 aromatic heterocycles. The average Bonchev–Trinajstić information content (AvgIpc) is 2.46. The highest BCUT2D eigenvalue weighted by Crippen LogP contribution is 2.26. The van der Waals surface area contributed by atoms with E-state index in [-0.39, 0.29) is 6.10 Å². The van der Waals surface area contributed by atoms with E-state index in [0.717, 1.165) is 28.3 Å². The minimum atomic E-state index is -0.138. The number of hydrogen-bond donors (Lipinski definition) is 1. The number of aryl methyl sites for hydroxylation is 2. The Balaban J connectivity index is 2.22. The molecule has 0 aliphatic rings. The molecule has 0 bridgehead atoms. The van der Waals surface area contributed by atoms with Gasteiger partial charge in [0.1, 0.15) is 11.9 Å². The Bertz CT molecular complexity index is 583. The molecule has 2 aromatic rings. The summed E-state index contributed by atoms with van der Waals surface area (Å²) in [7, 11) is 0. The van der Waals surface area contributed by atoms with Crippen molar-refractivity contribution in [2.24, 2.45) is 5.73 Å². The van der Waals surface area contributed by atoms with Crippen LogP contribution in [0.4, 0.5) is 0 Å². The van der Waals surface area contributed by atoms with Crippen LogP contribution in [0.15, 0.2) is 42.5 Å². The molecule has 0 aliphatic heterocycles. The van der Waals surface area contributed by atoms with Crippen molar-refractivity contribution < 1.29 is 4.74 Å². The Hall–Kier alpha value is -1.51. The van der Waals surface area contributed by atoms with Crippen LogP contribution in [0.25, 0.3) is 0 Å². The van der Waals surface area contributed by atoms with E-state index in [2.05, 4.69) is 26.0 Å². The molecule has 0 aliphatic carbocycles. The highest BCUT2D eigenvalue weighted by atomic mass is 35.5. The zero-order valence-electron chi connectivity index (χ0n) is 11.9. The van der Waals surface area contributed by atoms with E-state index in [1.807, 2.05) is 30.3 Å². The number of ether oxygens (including phenoxy) is 1. The summed E-state index contributed by atoms with van der Waals surface area (Å²) >= 11 is 6.12. The number of halogens is 1. The van der Waals surface area contributed by atoms with Crippen molar-refractivity contribution in [2.45, 2.75) is 26.4 Å². The summed E-state index contributed by atoms with van der Waals surface area (Å²) in [5.41, 5.74) is 9.24. The van der Waals surface area contributed by atoms with Crippen molar-refractivity contribution in [3.8, 4) is 5.75 Å². The molecule has 3 heteroatoms. The first-order valence-electron chi connectivity index (χ1n) is 6.85. The van der Waals surface area contributed by atoms with Crippen molar-refractivity contribution in [3.05, 3.63) is 64.2 Å². The van der Waals surface area contributed by atoms with E-state index >= 15 is 0 Å². The Morgan fingerprint density at radius 3 is 2.65 bits per heavy atom. The summed E-state index contributed by atoms with van der Waals surface area (Å²) in [6.45, 7) is 4.58. The van der Waals surface area contributed by atoms with Crippen LogP contribution in [-0.4, -0.2) is 6.54 Å². The monoisotopic (exact) mass is 289 g/mol. The van der Waals surface area contributed by atoms with Crippen LogP contribution in [0.5, 0.6) is 5.75 Å². The fourth-order valence-electron chi connectivity index (χ4n) is 2.18. The Kier molecular flexibility index (Phi) is 5.05. The van der Waals surface area contributed by atoms with E-state index in [1.54, 1.807) is 0 Å². The second-order valence-electron chi connectivity index (χ2n) is 4.86. The topological polar surface area (TPSA) is 35.2 Å². The Labute approximate surface area is 125 Å². The van der Waals surface area contributed by atoms with Crippen molar-refractivity contribution in [2.75, 3.05) is 6.54 Å². The molecule has 106 valence electrons. The molecule has 0 saturated carbocycles. The van der Waals surface area contributed by atoms with Crippen molar-refractivity contribution in [1.29, 1.82) is 0 Å². The molecule has 20 heavy (non-hydrogen) atoms. The van der Waals surface area contributed by atoms with E-state index in [0.29, 0.717) is 6.54 Å². The highest BCUT2D eigenvalue weighted by Gasteiger charge is 2.12. The molecule has 2 aromatic carbocycles. The predicted molar refractivity (Wildman–Crippen MR) is 84.4 cm³/mol. The van der Waals surface area contributed by atoms with E-state index < -0.39 is 0 Å². The third-order valence-electron chi connectivity index (χ3n) is 3.30. The third kappa shape index (κ3) is 3.53. The van der Waals surface area contributed by atoms with Gasteiger partial charge >= 0.3 is 0 Å². The first-order valence-corrected chi connectivity index (χ1v) is 7.23. The van der Waals surface area contributed by atoms with Gasteiger partial charge in [-0.15, -0.1) is 0 Å². The normalized spacial score (nSPS) is 12.2. The highest BCUT2D eigenvalue weighted by molar-refractivity contribution is 6.31. The summed E-state index contributed by atoms with van der Waals surface area (Å²) in [6, 6.07) is 14.0. The van der Waals surface area contributed by atoms with Gasteiger partial charge in [-0.05, 0) is 42.7 Å². The lowest BCUT2D eigenvalue weighted by Crippen LogP contribution is -2.18. The van der Waals surface area contributed by atoms with E-state index in [4.69, 9.17) is 22.1 Å². The standard InChI is InChI=1S/C17H20ClNO/c1-3-13-10-15(7-8-16(13)18)20-17(11-19)14-6-4-5-12(2)9-14/h4-10,17H,3,11,19H2,1-2H3. The van der Waals surface area contributed by atoms with Crippen LogP contribution < -0.4 is 10.5 Å². The molecule has 1 atom stereocenters. The lowest BCUT2D eigenvalue weighted by molar-refractivity contribution is 0.214. The minimum absolute atomic E-state index is 0.138. The average molecular weight is 290 g/mol. The summed E-state index contributed by atoms with van der Waals surface area (Å²) in [4.78, 5) is 0. The fraction of sp³-hybridized carbons (Fsp3) is 0.294. The van der Waals surface area contributed by atoms with Gasteiger partial charge in [-0.25, -0.2) is 0 Å². The fourth-order valence-corrected chi connectivity index (χ4v) is 2.43. The molecule has 0 fully saturated rings. The van der Waals surface area contributed by atoms with Gasteiger partial charge in [0.15, 0.2) is 0 Å². The van der Waals surface area contributed by atoms with Crippen LogP contribution >= 0.6 is 11.6 Å². The number of nitrogens with two attached hydrogens (primary N) is 1. The molecule has 2 N–H and O–H groups in total. The first-order chi connectivity index (χ1) is 9.63. The molecular weight excluding hydrogens is 270 g/mol. The van der Waals surface area contributed by atoms with Gasteiger partial charge in [-0.1, -0.05) is 48.4 Å². The number of hydrogen-bond acceptors (Lipinski definition) is 2. The maximum absolute atomic E-state index is 6.12. The van der Waals surface area contributed by atoms with Gasteiger partial charge in [0, 0.05) is 11.6 Å². The van der Waals surface area contributed by atoms with E-state index in [9.17, 15) is 0 Å². The van der Waals surface area contributed by atoms with Gasteiger partial charge < -0.3 is 10.5 Å². The second kappa shape index (κ2) is 6.78. The molecule has 0 saturated heterocycles. The molecule has 0 radical (unpaired) electrons. The summed E-state index contributed by atoms with van der Waals surface area (Å²) < 4.78 is 6.02. The zero-order chi connectivity index (χ0) is 14.5. The molecule has 2 nitrogen and oxygen atoms in total. The van der Waals surface area contributed by atoms with Crippen LogP contribution in [0.1, 0.15) is 29.7 Å². The van der Waals surface area contributed by atoms with Gasteiger partial charge in [0.2, 0.25) is 0 Å².